The first-order valence-corrected chi connectivity index (χ1v) is 10.6. The molecule has 4 rings (SSSR count). The summed E-state index contributed by atoms with van der Waals surface area (Å²) in [7, 11) is 0. The van der Waals surface area contributed by atoms with Crippen molar-refractivity contribution in [2.75, 3.05) is 24.1 Å². The average Bonchev–Trinajstić information content (AvgIpc) is 3.30. The number of hydrogen-bond acceptors (Lipinski definition) is 5. The summed E-state index contributed by atoms with van der Waals surface area (Å²) >= 11 is 0. The van der Waals surface area contributed by atoms with E-state index >= 15 is 0 Å². The van der Waals surface area contributed by atoms with Crippen LogP contribution in [-0.2, 0) is 0 Å². The van der Waals surface area contributed by atoms with Crippen LogP contribution in [0.5, 0.6) is 5.75 Å². The van der Waals surface area contributed by atoms with E-state index in [0.717, 1.165) is 55.5 Å². The lowest BCUT2D eigenvalue weighted by atomic mass is 10.0. The zero-order valence-corrected chi connectivity index (χ0v) is 17.5. The first-order valence-electron chi connectivity index (χ1n) is 10.6. The first kappa shape index (κ1) is 22.0. The molecule has 2 heterocycles. The van der Waals surface area contributed by atoms with E-state index in [0.29, 0.717) is 24.5 Å². The molecule has 0 radical (unpaired) electrons. The predicted octanol–water partition coefficient (Wildman–Crippen LogP) is 4.85. The number of likely N-dealkylation sites (tertiary alicyclic amines) is 1. The number of alkyl halides is 3. The van der Waals surface area contributed by atoms with Crippen molar-refractivity contribution in [2.24, 2.45) is 0 Å². The Morgan fingerprint density at radius 3 is 2.53 bits per heavy atom. The SMILES string of the molecule is Nc1ncc(C2=CCCC2)cc1NC1CCN(C(=O)c2ccc(OC(F)(F)F)cc2)CC1. The molecular weight excluding hydrogens is 421 g/mol. The minimum Gasteiger partial charge on any atom is -0.406 e. The summed E-state index contributed by atoms with van der Waals surface area (Å²) in [5, 5.41) is 3.47. The van der Waals surface area contributed by atoms with Gasteiger partial charge in [-0.15, -0.1) is 13.2 Å². The molecule has 1 aromatic carbocycles. The number of anilines is 2. The number of ether oxygens (including phenoxy) is 1. The van der Waals surface area contributed by atoms with Crippen molar-refractivity contribution in [3.8, 4) is 5.75 Å². The number of nitrogens with one attached hydrogen (secondary N) is 1. The van der Waals surface area contributed by atoms with Gasteiger partial charge in [0.25, 0.3) is 5.91 Å². The number of nitrogen functional groups attached to an aromatic ring is 1. The average molecular weight is 446 g/mol. The summed E-state index contributed by atoms with van der Waals surface area (Å²) in [5.74, 6) is -0.107. The second-order valence-corrected chi connectivity index (χ2v) is 8.06. The van der Waals surface area contributed by atoms with E-state index in [-0.39, 0.29) is 17.7 Å². The molecule has 32 heavy (non-hydrogen) atoms. The third-order valence-electron chi connectivity index (χ3n) is 5.81. The number of amides is 1. The van der Waals surface area contributed by atoms with E-state index in [9.17, 15) is 18.0 Å². The number of carbonyl (C=O) groups excluding carboxylic acids is 1. The summed E-state index contributed by atoms with van der Waals surface area (Å²) < 4.78 is 40.7. The van der Waals surface area contributed by atoms with Gasteiger partial charge in [-0.05, 0) is 73.6 Å². The molecule has 1 aliphatic heterocycles. The van der Waals surface area contributed by atoms with Gasteiger partial charge in [0.2, 0.25) is 0 Å². The highest BCUT2D eigenvalue weighted by molar-refractivity contribution is 5.94. The third kappa shape index (κ3) is 5.33. The van der Waals surface area contributed by atoms with E-state index in [1.54, 1.807) is 4.90 Å². The summed E-state index contributed by atoms with van der Waals surface area (Å²) in [5.41, 5.74) is 9.59. The first-order chi connectivity index (χ1) is 15.3. The number of benzene rings is 1. The number of halogens is 3. The van der Waals surface area contributed by atoms with Gasteiger partial charge in [-0.25, -0.2) is 4.98 Å². The maximum Gasteiger partial charge on any atom is 0.573 e. The number of piperidine rings is 1. The van der Waals surface area contributed by atoms with Crippen LogP contribution in [0.15, 0.2) is 42.6 Å². The molecule has 0 bridgehead atoms. The molecule has 1 saturated heterocycles. The molecule has 0 spiro atoms. The molecule has 0 atom stereocenters. The van der Waals surface area contributed by atoms with E-state index in [1.807, 2.05) is 12.3 Å². The summed E-state index contributed by atoms with van der Waals surface area (Å²) in [4.78, 5) is 18.8. The molecule has 0 unspecified atom stereocenters. The van der Waals surface area contributed by atoms with Crippen LogP contribution < -0.4 is 15.8 Å². The van der Waals surface area contributed by atoms with Crippen LogP contribution in [-0.4, -0.2) is 41.3 Å². The molecule has 6 nitrogen and oxygen atoms in total. The van der Waals surface area contributed by atoms with Crippen LogP contribution in [0.4, 0.5) is 24.7 Å². The van der Waals surface area contributed by atoms with Crippen LogP contribution in [0.3, 0.4) is 0 Å². The quantitative estimate of drug-likeness (QED) is 0.687. The molecule has 1 amide bonds. The monoisotopic (exact) mass is 446 g/mol. The highest BCUT2D eigenvalue weighted by atomic mass is 19.4. The van der Waals surface area contributed by atoms with Crippen LogP contribution in [0.1, 0.15) is 48.0 Å². The fourth-order valence-electron chi connectivity index (χ4n) is 4.13. The number of aromatic nitrogens is 1. The smallest absolute Gasteiger partial charge is 0.406 e. The molecule has 170 valence electrons. The van der Waals surface area contributed by atoms with Gasteiger partial charge in [-0.3, -0.25) is 4.79 Å². The largest absolute Gasteiger partial charge is 0.573 e. The number of rotatable bonds is 5. The minimum absolute atomic E-state index is 0.151. The van der Waals surface area contributed by atoms with Crippen molar-refractivity contribution in [1.29, 1.82) is 0 Å². The van der Waals surface area contributed by atoms with Crippen molar-refractivity contribution in [2.45, 2.75) is 44.5 Å². The second-order valence-electron chi connectivity index (χ2n) is 8.06. The molecule has 2 aliphatic rings. The standard InChI is InChI=1S/C23H25F3N4O2/c24-23(25,26)32-19-7-5-16(6-8-19)22(31)30-11-9-18(10-12-30)29-20-13-17(14-28-21(20)27)15-3-1-2-4-15/h3,5-8,13-14,18,29H,1-2,4,9-12H2,(H2,27,28). The van der Waals surface area contributed by atoms with Crippen molar-refractivity contribution < 1.29 is 22.7 Å². The highest BCUT2D eigenvalue weighted by Crippen LogP contribution is 2.31. The Morgan fingerprint density at radius 2 is 1.91 bits per heavy atom. The Labute approximate surface area is 184 Å². The van der Waals surface area contributed by atoms with E-state index in [1.165, 1.54) is 17.7 Å². The van der Waals surface area contributed by atoms with Gasteiger partial charge in [0.1, 0.15) is 11.6 Å². The van der Waals surface area contributed by atoms with E-state index in [4.69, 9.17) is 5.73 Å². The lowest BCUT2D eigenvalue weighted by molar-refractivity contribution is -0.274. The Hall–Kier alpha value is -3.23. The fourth-order valence-corrected chi connectivity index (χ4v) is 4.13. The molecule has 3 N–H and O–H groups in total. The van der Waals surface area contributed by atoms with Crippen LogP contribution in [0.2, 0.25) is 0 Å². The second kappa shape index (κ2) is 9.10. The Bertz CT molecular complexity index is 997. The molecule has 1 fully saturated rings. The molecule has 1 aromatic heterocycles. The van der Waals surface area contributed by atoms with Crippen molar-refractivity contribution >= 4 is 23.0 Å². The Kier molecular flexibility index (Phi) is 6.25. The van der Waals surface area contributed by atoms with Gasteiger partial charge < -0.3 is 20.7 Å². The van der Waals surface area contributed by atoms with Gasteiger partial charge in [-0.2, -0.15) is 0 Å². The third-order valence-corrected chi connectivity index (χ3v) is 5.81. The van der Waals surface area contributed by atoms with Crippen molar-refractivity contribution in [3.63, 3.8) is 0 Å². The topological polar surface area (TPSA) is 80.5 Å². The van der Waals surface area contributed by atoms with Crippen LogP contribution in [0, 0.1) is 0 Å². The summed E-state index contributed by atoms with van der Waals surface area (Å²) in [6.07, 6.45) is 4.05. The fraction of sp³-hybridized carbons (Fsp3) is 0.391. The Morgan fingerprint density at radius 1 is 1.19 bits per heavy atom. The van der Waals surface area contributed by atoms with Crippen LogP contribution >= 0.6 is 0 Å². The predicted molar refractivity (Wildman–Crippen MR) is 116 cm³/mol. The molecule has 0 saturated carbocycles. The number of nitrogens with zero attached hydrogens (tertiary/aromatic N) is 2. The highest BCUT2D eigenvalue weighted by Gasteiger charge is 2.31. The number of nitrogens with two attached hydrogens (primary N) is 1. The molecule has 9 heteroatoms. The van der Waals surface area contributed by atoms with Gasteiger partial charge in [0.05, 0.1) is 5.69 Å². The number of pyridine rings is 1. The summed E-state index contributed by atoms with van der Waals surface area (Å²) in [6, 6.07) is 7.20. The lowest BCUT2D eigenvalue weighted by Crippen LogP contribution is -2.42. The molecular formula is C23H25F3N4O2. The van der Waals surface area contributed by atoms with E-state index < -0.39 is 6.36 Å². The Balaban J connectivity index is 1.33. The van der Waals surface area contributed by atoms with Crippen molar-refractivity contribution in [3.05, 3.63) is 53.7 Å². The van der Waals surface area contributed by atoms with Gasteiger partial charge >= 0.3 is 6.36 Å². The van der Waals surface area contributed by atoms with Gasteiger partial charge in [-0.1, -0.05) is 6.08 Å². The van der Waals surface area contributed by atoms with Gasteiger partial charge in [0.15, 0.2) is 0 Å². The maximum atomic E-state index is 12.7. The number of carbonyl (C=O) groups is 1. The normalized spacial score (nSPS) is 17.2. The number of hydrogen-bond donors (Lipinski definition) is 2. The molecule has 1 aliphatic carbocycles. The molecule has 2 aromatic rings. The van der Waals surface area contributed by atoms with Crippen LogP contribution in [0.25, 0.3) is 5.57 Å². The van der Waals surface area contributed by atoms with E-state index in [2.05, 4.69) is 21.1 Å². The zero-order chi connectivity index (χ0) is 22.7. The van der Waals surface area contributed by atoms with Crippen molar-refractivity contribution in [1.82, 2.24) is 9.88 Å². The van der Waals surface area contributed by atoms with Gasteiger partial charge in [0, 0.05) is 30.9 Å². The maximum absolute atomic E-state index is 12.7. The number of allylic oxidation sites excluding steroid dienone is 2. The minimum atomic E-state index is -4.76. The summed E-state index contributed by atoms with van der Waals surface area (Å²) in [6.45, 7) is 1.07. The zero-order valence-electron chi connectivity index (χ0n) is 17.5. The lowest BCUT2D eigenvalue weighted by Gasteiger charge is -2.33.